The normalized spacial score (nSPS) is 22.4. The maximum atomic E-state index is 13.3. The second-order valence-electron chi connectivity index (χ2n) is 6.51. The van der Waals surface area contributed by atoms with E-state index in [9.17, 15) is 9.59 Å². The summed E-state index contributed by atoms with van der Waals surface area (Å²) in [5.74, 6) is 0.999. The monoisotopic (exact) mass is 446 g/mol. The predicted molar refractivity (Wildman–Crippen MR) is 106 cm³/mol. The minimum atomic E-state index is -0.951. The van der Waals surface area contributed by atoms with E-state index in [1.54, 1.807) is 17.0 Å². The second kappa shape index (κ2) is 6.17. The third kappa shape index (κ3) is 2.54. The van der Waals surface area contributed by atoms with Gasteiger partial charge in [-0.15, -0.1) is 0 Å². The average Bonchev–Trinajstić information content (AvgIpc) is 3.18. The van der Waals surface area contributed by atoms with Crippen molar-refractivity contribution in [3.05, 3.63) is 40.9 Å². The Morgan fingerprint density at radius 3 is 2.74 bits per heavy atom. The zero-order valence-corrected chi connectivity index (χ0v) is 16.6. The summed E-state index contributed by atoms with van der Waals surface area (Å²) in [6.45, 7) is 0.972. The number of hydrogen-bond acceptors (Lipinski definition) is 5. The molecule has 1 atom stereocenters. The Morgan fingerprint density at radius 2 is 1.93 bits per heavy atom. The van der Waals surface area contributed by atoms with Crippen LogP contribution in [0.4, 0.5) is 11.4 Å². The van der Waals surface area contributed by atoms with Crippen LogP contribution in [0.1, 0.15) is 12.8 Å². The molecule has 2 aromatic rings. The summed E-state index contributed by atoms with van der Waals surface area (Å²) < 4.78 is 11.9. The molecule has 27 heavy (non-hydrogen) atoms. The van der Waals surface area contributed by atoms with E-state index < -0.39 is 4.87 Å². The molecule has 0 bridgehead atoms. The molecule has 5 rings (SSSR count). The number of rotatable bonds is 2. The number of benzene rings is 2. The quantitative estimate of drug-likeness (QED) is 0.759. The van der Waals surface area contributed by atoms with Crippen LogP contribution in [0.5, 0.6) is 11.5 Å². The second-order valence-corrected chi connectivity index (χ2v) is 8.69. The number of nitrogens with one attached hydrogen (secondary N) is 1. The number of nitrogens with zero attached hydrogens (tertiary/aromatic N) is 1. The van der Waals surface area contributed by atoms with Gasteiger partial charge in [0.1, 0.15) is 13.2 Å². The van der Waals surface area contributed by atoms with E-state index >= 15 is 0 Å². The van der Waals surface area contributed by atoms with Gasteiger partial charge in [0.25, 0.3) is 5.91 Å². The first-order valence-corrected chi connectivity index (χ1v) is 10.2. The molecule has 0 spiro atoms. The van der Waals surface area contributed by atoms with Crippen molar-refractivity contribution in [1.82, 2.24) is 0 Å². The summed E-state index contributed by atoms with van der Waals surface area (Å²) in [5, 5.41) is 2.98. The average molecular weight is 447 g/mol. The molecule has 0 saturated carbocycles. The Labute approximate surface area is 168 Å². The van der Waals surface area contributed by atoms with E-state index in [0.717, 1.165) is 10.6 Å². The standard InChI is InChI=1S/C19H15BrN2O4S/c20-11-9-14-15(26-8-7-25-14)10-12(11)21-18(24)19-6-5-17(23)22(19)13-3-1-2-4-16(13)27-19/h1-4,9-10H,5-8H2,(H,21,24)/t19-/m1/s1. The fourth-order valence-corrected chi connectivity index (χ4v) is 5.51. The van der Waals surface area contributed by atoms with Gasteiger partial charge in [0, 0.05) is 27.9 Å². The van der Waals surface area contributed by atoms with Gasteiger partial charge < -0.3 is 14.8 Å². The highest BCUT2D eigenvalue weighted by Gasteiger charge is 2.57. The smallest absolute Gasteiger partial charge is 0.261 e. The van der Waals surface area contributed by atoms with Crippen molar-refractivity contribution in [2.24, 2.45) is 0 Å². The van der Waals surface area contributed by atoms with Crippen molar-refractivity contribution < 1.29 is 19.1 Å². The Morgan fingerprint density at radius 1 is 1.19 bits per heavy atom. The summed E-state index contributed by atoms with van der Waals surface area (Å²) in [5.41, 5.74) is 1.40. The van der Waals surface area contributed by atoms with Gasteiger partial charge >= 0.3 is 0 Å². The van der Waals surface area contributed by atoms with Gasteiger partial charge in [-0.25, -0.2) is 0 Å². The molecule has 8 heteroatoms. The van der Waals surface area contributed by atoms with Crippen LogP contribution >= 0.6 is 27.7 Å². The highest BCUT2D eigenvalue weighted by Crippen LogP contribution is 2.56. The van der Waals surface area contributed by atoms with E-state index in [0.29, 0.717) is 47.7 Å². The van der Waals surface area contributed by atoms with Gasteiger partial charge in [0.15, 0.2) is 16.4 Å². The summed E-state index contributed by atoms with van der Waals surface area (Å²) >= 11 is 4.93. The molecule has 0 unspecified atom stereocenters. The van der Waals surface area contributed by atoms with Crippen LogP contribution < -0.4 is 19.7 Å². The van der Waals surface area contributed by atoms with Crippen molar-refractivity contribution in [3.63, 3.8) is 0 Å². The molecule has 3 aliphatic heterocycles. The summed E-state index contributed by atoms with van der Waals surface area (Å²) in [6.07, 6.45) is 0.830. The van der Waals surface area contributed by atoms with Crippen LogP contribution in [0.15, 0.2) is 45.8 Å². The highest BCUT2D eigenvalue weighted by atomic mass is 79.9. The van der Waals surface area contributed by atoms with E-state index in [-0.39, 0.29) is 11.8 Å². The Hall–Kier alpha value is -2.19. The molecule has 3 aliphatic rings. The number of halogens is 1. The molecule has 3 heterocycles. The van der Waals surface area contributed by atoms with Crippen molar-refractivity contribution in [2.45, 2.75) is 22.6 Å². The van der Waals surface area contributed by atoms with Gasteiger partial charge in [-0.1, -0.05) is 23.9 Å². The lowest BCUT2D eigenvalue weighted by Crippen LogP contribution is -2.49. The molecule has 2 aromatic carbocycles. The molecule has 1 fully saturated rings. The topological polar surface area (TPSA) is 67.9 Å². The minimum absolute atomic E-state index is 0.0242. The Balaban J connectivity index is 1.49. The van der Waals surface area contributed by atoms with E-state index in [2.05, 4.69) is 21.2 Å². The van der Waals surface area contributed by atoms with E-state index in [1.807, 2.05) is 24.3 Å². The largest absolute Gasteiger partial charge is 0.486 e. The molecule has 0 aliphatic carbocycles. The lowest BCUT2D eigenvalue weighted by molar-refractivity contribution is -0.121. The van der Waals surface area contributed by atoms with Crippen LogP contribution in [0.25, 0.3) is 0 Å². The van der Waals surface area contributed by atoms with Crippen molar-refractivity contribution in [2.75, 3.05) is 23.4 Å². The van der Waals surface area contributed by atoms with Crippen LogP contribution in [0, 0.1) is 0 Å². The van der Waals surface area contributed by atoms with Crippen LogP contribution in [0.2, 0.25) is 0 Å². The summed E-state index contributed by atoms with van der Waals surface area (Å²) in [4.78, 5) is 27.5. The first-order valence-electron chi connectivity index (χ1n) is 8.60. The molecule has 0 aromatic heterocycles. The van der Waals surface area contributed by atoms with Gasteiger partial charge in [-0.05, 0) is 34.5 Å². The maximum absolute atomic E-state index is 13.3. The molecular formula is C19H15BrN2O4S. The number of carbonyl (C=O) groups is 2. The zero-order valence-electron chi connectivity index (χ0n) is 14.2. The summed E-state index contributed by atoms with van der Waals surface area (Å²) in [7, 11) is 0. The van der Waals surface area contributed by atoms with Crippen molar-refractivity contribution in [1.29, 1.82) is 0 Å². The molecule has 138 valence electrons. The number of carbonyl (C=O) groups excluding carboxylic acids is 2. The lowest BCUT2D eigenvalue weighted by Gasteiger charge is -2.30. The zero-order chi connectivity index (χ0) is 18.6. The Bertz CT molecular complexity index is 982. The summed E-state index contributed by atoms with van der Waals surface area (Å²) in [6, 6.07) is 11.2. The van der Waals surface area contributed by atoms with Crippen LogP contribution in [-0.2, 0) is 9.59 Å². The SMILES string of the molecule is O=C1CC[C@]2(C(=O)Nc3cc4c(cc3Br)OCCO4)Sc3ccccc3N12. The van der Waals surface area contributed by atoms with Crippen molar-refractivity contribution >= 4 is 50.9 Å². The predicted octanol–water partition coefficient (Wildman–Crippen LogP) is 3.79. The minimum Gasteiger partial charge on any atom is -0.486 e. The van der Waals surface area contributed by atoms with E-state index in [1.165, 1.54) is 11.8 Å². The lowest BCUT2D eigenvalue weighted by atomic mass is 10.1. The molecule has 1 saturated heterocycles. The number of hydrogen-bond donors (Lipinski definition) is 1. The highest BCUT2D eigenvalue weighted by molar-refractivity contribution is 9.10. The molecule has 2 amide bonds. The van der Waals surface area contributed by atoms with Crippen LogP contribution in [0.3, 0.4) is 0 Å². The maximum Gasteiger partial charge on any atom is 0.261 e. The number of thioether (sulfide) groups is 1. The van der Waals surface area contributed by atoms with Gasteiger partial charge in [-0.2, -0.15) is 0 Å². The molecule has 1 N–H and O–H groups in total. The number of anilines is 2. The van der Waals surface area contributed by atoms with Crippen molar-refractivity contribution in [3.8, 4) is 11.5 Å². The molecular weight excluding hydrogens is 432 g/mol. The first-order chi connectivity index (χ1) is 13.1. The van der Waals surface area contributed by atoms with Gasteiger partial charge in [0.05, 0.1) is 11.4 Å². The van der Waals surface area contributed by atoms with Gasteiger partial charge in [0.2, 0.25) is 5.91 Å². The van der Waals surface area contributed by atoms with E-state index in [4.69, 9.17) is 9.47 Å². The molecule has 0 radical (unpaired) electrons. The first kappa shape index (κ1) is 16.9. The van der Waals surface area contributed by atoms with Crippen LogP contribution in [-0.4, -0.2) is 29.9 Å². The number of amides is 2. The fourth-order valence-electron chi connectivity index (χ4n) is 3.68. The number of ether oxygens (including phenoxy) is 2. The third-order valence-electron chi connectivity index (χ3n) is 4.91. The number of fused-ring (bicyclic) bond motifs is 4. The fraction of sp³-hybridized carbons (Fsp3) is 0.263. The van der Waals surface area contributed by atoms with Gasteiger partial charge in [-0.3, -0.25) is 14.5 Å². The Kier molecular flexibility index (Phi) is 3.87. The molecule has 6 nitrogen and oxygen atoms in total. The number of para-hydroxylation sites is 1. The third-order valence-corrected chi connectivity index (χ3v) is 7.04.